The second-order valence-electron chi connectivity index (χ2n) is 11.4. The number of nitrogens with zero attached hydrogens (tertiary/aromatic N) is 2. The SMILES string of the molecule is CC[C@]1(C(=O)O)[C@@H]2Cc3cc(OCc4ccc(C)c(-c5cnc6c(ccn6CCCS(C)(=O)=O)c5)c4)ccc3[C@H]21. The van der Waals surface area contributed by atoms with Gasteiger partial charge in [-0.05, 0) is 90.3 Å². The zero-order chi connectivity index (χ0) is 28.2. The normalized spacial score (nSPS) is 21.3. The van der Waals surface area contributed by atoms with Gasteiger partial charge in [-0.15, -0.1) is 0 Å². The smallest absolute Gasteiger partial charge is 0.310 e. The van der Waals surface area contributed by atoms with Crippen LogP contribution in [0.3, 0.4) is 0 Å². The van der Waals surface area contributed by atoms with E-state index in [1.165, 1.54) is 17.4 Å². The average Bonchev–Trinajstić information content (AvgIpc) is 3.16. The summed E-state index contributed by atoms with van der Waals surface area (Å²) in [6, 6.07) is 16.6. The largest absolute Gasteiger partial charge is 0.489 e. The van der Waals surface area contributed by atoms with Crippen molar-refractivity contribution in [2.45, 2.75) is 52.2 Å². The zero-order valence-electron chi connectivity index (χ0n) is 23.1. The summed E-state index contributed by atoms with van der Waals surface area (Å²) in [7, 11) is -2.98. The molecule has 8 heteroatoms. The molecule has 6 rings (SSSR count). The fourth-order valence-corrected chi connectivity index (χ4v) is 7.42. The minimum atomic E-state index is -2.98. The number of ether oxygens (including phenoxy) is 1. The van der Waals surface area contributed by atoms with Gasteiger partial charge < -0.3 is 14.4 Å². The van der Waals surface area contributed by atoms with Gasteiger partial charge in [0, 0.05) is 42.1 Å². The van der Waals surface area contributed by atoms with Gasteiger partial charge in [0.25, 0.3) is 0 Å². The first-order chi connectivity index (χ1) is 19.1. The summed E-state index contributed by atoms with van der Waals surface area (Å²) in [5.74, 6) is 0.641. The summed E-state index contributed by atoms with van der Waals surface area (Å²) in [4.78, 5) is 16.6. The molecule has 3 atom stereocenters. The van der Waals surface area contributed by atoms with E-state index >= 15 is 0 Å². The topological polar surface area (TPSA) is 98.5 Å². The third-order valence-electron chi connectivity index (χ3n) is 8.92. The Morgan fingerprint density at radius 2 is 2.00 bits per heavy atom. The Bertz CT molecular complexity index is 1740. The third kappa shape index (κ3) is 4.58. The molecule has 2 aromatic heterocycles. The van der Waals surface area contributed by atoms with E-state index in [0.717, 1.165) is 45.5 Å². The summed E-state index contributed by atoms with van der Waals surface area (Å²) in [6.07, 6.45) is 7.14. The third-order valence-corrected chi connectivity index (χ3v) is 9.95. The number of rotatable bonds is 10. The number of sulfone groups is 1. The Morgan fingerprint density at radius 1 is 1.18 bits per heavy atom. The van der Waals surface area contributed by atoms with Crippen molar-refractivity contribution in [2.24, 2.45) is 11.3 Å². The van der Waals surface area contributed by atoms with Crippen molar-refractivity contribution in [3.63, 3.8) is 0 Å². The van der Waals surface area contributed by atoms with Crippen LogP contribution in [0, 0.1) is 18.3 Å². The van der Waals surface area contributed by atoms with Crippen LogP contribution in [0.2, 0.25) is 0 Å². The van der Waals surface area contributed by atoms with Crippen molar-refractivity contribution in [3.05, 3.63) is 83.2 Å². The highest BCUT2D eigenvalue weighted by atomic mass is 32.2. The molecular weight excluding hydrogens is 524 g/mol. The highest BCUT2D eigenvalue weighted by molar-refractivity contribution is 7.90. The molecule has 0 spiro atoms. The van der Waals surface area contributed by atoms with E-state index in [4.69, 9.17) is 9.72 Å². The second-order valence-corrected chi connectivity index (χ2v) is 13.7. The molecule has 4 aromatic rings. The Kier molecular flexibility index (Phi) is 6.49. The molecule has 0 unspecified atom stereocenters. The molecule has 7 nitrogen and oxygen atoms in total. The van der Waals surface area contributed by atoms with Crippen LogP contribution in [0.4, 0.5) is 0 Å². The lowest BCUT2D eigenvalue weighted by atomic mass is 9.89. The van der Waals surface area contributed by atoms with E-state index in [-0.39, 0.29) is 17.6 Å². The van der Waals surface area contributed by atoms with Gasteiger partial charge in [-0.2, -0.15) is 0 Å². The van der Waals surface area contributed by atoms with Crippen LogP contribution in [0.1, 0.15) is 47.9 Å². The Balaban J connectivity index is 1.15. The van der Waals surface area contributed by atoms with Gasteiger partial charge in [0.1, 0.15) is 27.8 Å². The molecule has 2 aromatic carbocycles. The number of benzene rings is 2. The van der Waals surface area contributed by atoms with E-state index in [1.54, 1.807) is 0 Å². The van der Waals surface area contributed by atoms with Crippen LogP contribution < -0.4 is 4.74 Å². The predicted molar refractivity (Wildman–Crippen MR) is 155 cm³/mol. The van der Waals surface area contributed by atoms with E-state index in [1.807, 2.05) is 36.0 Å². The fourth-order valence-electron chi connectivity index (χ4n) is 6.77. The molecule has 1 N–H and O–H groups in total. The first kappa shape index (κ1) is 26.6. The minimum Gasteiger partial charge on any atom is -0.489 e. The molecule has 1 saturated carbocycles. The Hall–Kier alpha value is -3.65. The molecule has 0 radical (unpaired) electrons. The lowest BCUT2D eigenvalue weighted by Gasteiger charge is -2.16. The molecule has 0 bridgehead atoms. The molecule has 1 fully saturated rings. The second kappa shape index (κ2) is 9.77. The molecule has 2 aliphatic carbocycles. The molecule has 208 valence electrons. The van der Waals surface area contributed by atoms with Crippen LogP contribution >= 0.6 is 0 Å². The van der Waals surface area contributed by atoms with Crippen molar-refractivity contribution < 1.29 is 23.1 Å². The summed E-state index contributed by atoms with van der Waals surface area (Å²) in [5, 5.41) is 10.8. The van der Waals surface area contributed by atoms with Crippen LogP contribution in [-0.4, -0.2) is 41.1 Å². The Labute approximate surface area is 234 Å². The van der Waals surface area contributed by atoms with Gasteiger partial charge in [0.05, 0.1) is 11.2 Å². The number of pyridine rings is 1. The number of carboxylic acids is 1. The number of aromatic nitrogens is 2. The van der Waals surface area contributed by atoms with Gasteiger partial charge in [-0.25, -0.2) is 13.4 Å². The fraction of sp³-hybridized carbons (Fsp3) is 0.375. The summed E-state index contributed by atoms with van der Waals surface area (Å²) < 4.78 is 31.1. The monoisotopic (exact) mass is 558 g/mol. The lowest BCUT2D eigenvalue weighted by molar-refractivity contribution is -0.144. The Morgan fingerprint density at radius 3 is 2.75 bits per heavy atom. The summed E-state index contributed by atoms with van der Waals surface area (Å²) >= 11 is 0. The highest BCUT2D eigenvalue weighted by Gasteiger charge is 2.71. The molecule has 0 amide bonds. The molecule has 40 heavy (non-hydrogen) atoms. The van der Waals surface area contributed by atoms with Crippen LogP contribution in [-0.2, 0) is 34.2 Å². The number of carbonyl (C=O) groups is 1. The molecule has 2 aliphatic rings. The van der Waals surface area contributed by atoms with Crippen molar-refractivity contribution in [1.82, 2.24) is 9.55 Å². The maximum atomic E-state index is 11.9. The van der Waals surface area contributed by atoms with Crippen LogP contribution in [0.25, 0.3) is 22.2 Å². The zero-order valence-corrected chi connectivity index (χ0v) is 23.9. The summed E-state index contributed by atoms with van der Waals surface area (Å²) in [6.45, 7) is 5.10. The number of carboxylic acid groups (broad SMARTS) is 1. The van der Waals surface area contributed by atoms with E-state index < -0.39 is 21.2 Å². The number of aryl methyl sites for hydroxylation is 2. The first-order valence-corrected chi connectivity index (χ1v) is 15.9. The number of hydrogen-bond donors (Lipinski definition) is 1. The van der Waals surface area contributed by atoms with Gasteiger partial charge in [-0.1, -0.05) is 25.1 Å². The predicted octanol–water partition coefficient (Wildman–Crippen LogP) is 5.78. The van der Waals surface area contributed by atoms with Crippen molar-refractivity contribution in [2.75, 3.05) is 12.0 Å². The van der Waals surface area contributed by atoms with Gasteiger partial charge >= 0.3 is 5.97 Å². The molecule has 0 saturated heterocycles. The maximum absolute atomic E-state index is 11.9. The van der Waals surface area contributed by atoms with Crippen LogP contribution in [0.5, 0.6) is 5.75 Å². The molecular formula is C32H34N2O5S. The molecule has 0 aliphatic heterocycles. The van der Waals surface area contributed by atoms with Gasteiger partial charge in [0.2, 0.25) is 0 Å². The highest BCUT2D eigenvalue weighted by Crippen LogP contribution is 2.72. The quantitative estimate of drug-likeness (QED) is 0.265. The number of aliphatic carboxylic acids is 1. The van der Waals surface area contributed by atoms with Gasteiger partial charge in [0.15, 0.2) is 0 Å². The number of fused-ring (bicyclic) bond motifs is 4. The molecule has 2 heterocycles. The van der Waals surface area contributed by atoms with E-state index in [2.05, 4.69) is 43.3 Å². The minimum absolute atomic E-state index is 0.133. The van der Waals surface area contributed by atoms with Crippen molar-refractivity contribution in [1.29, 1.82) is 0 Å². The standard InChI is InChI=1S/C32H34N2O5S/c1-4-32(31(35)36)28-17-23-16-25(8-9-26(23)29(28)32)39-19-21-7-6-20(2)27(14-21)24-15-22-10-12-34(30(22)33-18-24)11-5-13-40(3,37)38/h6-10,12,14-16,18,28-29H,4-5,11,13,17,19H2,1-3H3,(H,35,36)/t28-,29-,32+/m1/s1. The van der Waals surface area contributed by atoms with Crippen LogP contribution in [0.15, 0.2) is 60.9 Å². The average molecular weight is 559 g/mol. The van der Waals surface area contributed by atoms with E-state index in [0.29, 0.717) is 26.0 Å². The van der Waals surface area contributed by atoms with Gasteiger partial charge in [-0.3, -0.25) is 4.79 Å². The number of hydrogen-bond acceptors (Lipinski definition) is 5. The maximum Gasteiger partial charge on any atom is 0.310 e. The van der Waals surface area contributed by atoms with Crippen molar-refractivity contribution in [3.8, 4) is 16.9 Å². The lowest BCUT2D eigenvalue weighted by Crippen LogP contribution is -2.20. The van der Waals surface area contributed by atoms with Crippen molar-refractivity contribution >= 4 is 26.8 Å². The summed E-state index contributed by atoms with van der Waals surface area (Å²) in [5.41, 5.74) is 6.98. The first-order valence-electron chi connectivity index (χ1n) is 13.8. The van der Waals surface area contributed by atoms with E-state index in [9.17, 15) is 18.3 Å².